The fourth-order valence-electron chi connectivity index (χ4n) is 2.55. The summed E-state index contributed by atoms with van der Waals surface area (Å²) >= 11 is 13.4. The third kappa shape index (κ3) is 2.50. The van der Waals surface area contributed by atoms with Crippen molar-refractivity contribution in [2.24, 2.45) is 0 Å². The number of thioether (sulfide) groups is 1. The molecule has 3 rings (SSSR count). The Bertz CT molecular complexity index is 711. The van der Waals surface area contributed by atoms with Crippen LogP contribution in [0.1, 0.15) is 6.23 Å². The van der Waals surface area contributed by atoms with Gasteiger partial charge in [-0.15, -0.1) is 0 Å². The number of nitrogens with zero attached hydrogens (tertiary/aromatic N) is 2. The van der Waals surface area contributed by atoms with Gasteiger partial charge in [0.2, 0.25) is 0 Å². The highest BCUT2D eigenvalue weighted by Crippen LogP contribution is 2.37. The predicted molar refractivity (Wildman–Crippen MR) is 84.5 cm³/mol. The second-order valence-corrected chi connectivity index (χ2v) is 6.54. The number of aromatic nitrogens is 2. The van der Waals surface area contributed by atoms with E-state index in [0.717, 1.165) is 0 Å². The van der Waals surface area contributed by atoms with E-state index < -0.39 is 24.5 Å². The smallest absolute Gasteiger partial charge is 0.170 e. The molecule has 0 saturated carbocycles. The van der Waals surface area contributed by atoms with Crippen LogP contribution in [0.5, 0.6) is 0 Å². The molecule has 2 aromatic rings. The molecule has 3 N–H and O–H groups in total. The van der Waals surface area contributed by atoms with E-state index in [1.54, 1.807) is 16.7 Å². The minimum Gasteiger partial charge on any atom is -0.394 e. The molecule has 9 heteroatoms. The lowest BCUT2D eigenvalue weighted by Crippen LogP contribution is -2.33. The Hall–Kier alpha value is -0.540. The standard InChI is InChI=1S/C13H14Cl2N2O4S/c1-22-13-16-7-2-5(14)6(15)3-8(7)17(13)12-11(20)10(19)9(4-18)21-12/h2-3,9-12,18-20H,4H2,1H3/t9-,10-,11-,12+/m1/s1. The van der Waals surface area contributed by atoms with Gasteiger partial charge in [-0.3, -0.25) is 4.57 Å². The Labute approximate surface area is 140 Å². The SMILES string of the molecule is CSc1nc2cc(Cl)c(Cl)cc2n1[C@H]1O[C@H](CO)[C@@H](O)[C@H]1O. The van der Waals surface area contributed by atoms with Gasteiger partial charge in [0.15, 0.2) is 11.4 Å². The molecule has 0 unspecified atom stereocenters. The molecule has 0 radical (unpaired) electrons. The summed E-state index contributed by atoms with van der Waals surface area (Å²) in [5.41, 5.74) is 1.24. The molecule has 22 heavy (non-hydrogen) atoms. The van der Waals surface area contributed by atoms with E-state index in [-0.39, 0.29) is 6.61 Å². The number of rotatable bonds is 3. The van der Waals surface area contributed by atoms with E-state index in [4.69, 9.17) is 27.9 Å². The van der Waals surface area contributed by atoms with Gasteiger partial charge in [0.05, 0.1) is 27.7 Å². The van der Waals surface area contributed by atoms with Crippen LogP contribution in [-0.4, -0.2) is 56.0 Å². The molecule has 1 aliphatic heterocycles. The van der Waals surface area contributed by atoms with E-state index in [2.05, 4.69) is 4.98 Å². The molecular formula is C13H14Cl2N2O4S. The van der Waals surface area contributed by atoms with Crippen molar-refractivity contribution in [3.8, 4) is 0 Å². The van der Waals surface area contributed by atoms with E-state index >= 15 is 0 Å². The van der Waals surface area contributed by atoms with Crippen molar-refractivity contribution in [3.05, 3.63) is 22.2 Å². The van der Waals surface area contributed by atoms with Crippen LogP contribution in [0.3, 0.4) is 0 Å². The number of imidazole rings is 1. The van der Waals surface area contributed by atoms with Gasteiger partial charge >= 0.3 is 0 Å². The van der Waals surface area contributed by atoms with Crippen LogP contribution < -0.4 is 0 Å². The molecule has 1 fully saturated rings. The number of aliphatic hydroxyl groups is 3. The average molecular weight is 365 g/mol. The van der Waals surface area contributed by atoms with Crippen molar-refractivity contribution in [3.63, 3.8) is 0 Å². The number of aliphatic hydroxyl groups excluding tert-OH is 3. The molecule has 0 amide bonds. The first-order valence-corrected chi connectivity index (χ1v) is 8.49. The number of hydrogen-bond donors (Lipinski definition) is 3. The van der Waals surface area contributed by atoms with Gasteiger partial charge in [-0.1, -0.05) is 35.0 Å². The molecule has 1 aromatic heterocycles. The number of hydrogen-bond acceptors (Lipinski definition) is 6. The first-order chi connectivity index (χ1) is 10.5. The van der Waals surface area contributed by atoms with Gasteiger partial charge in [-0.05, 0) is 18.4 Å². The molecule has 1 saturated heterocycles. The number of ether oxygens (including phenoxy) is 1. The Morgan fingerprint density at radius 1 is 1.27 bits per heavy atom. The van der Waals surface area contributed by atoms with Crippen molar-refractivity contribution < 1.29 is 20.1 Å². The monoisotopic (exact) mass is 364 g/mol. The molecular weight excluding hydrogens is 351 g/mol. The maximum Gasteiger partial charge on any atom is 0.170 e. The second kappa shape index (κ2) is 6.16. The molecule has 0 aliphatic carbocycles. The third-order valence-electron chi connectivity index (χ3n) is 3.65. The van der Waals surface area contributed by atoms with Gasteiger partial charge in [-0.2, -0.15) is 0 Å². The Kier molecular flexibility index (Phi) is 4.57. The minimum atomic E-state index is -1.19. The van der Waals surface area contributed by atoms with Gasteiger partial charge in [0.25, 0.3) is 0 Å². The highest BCUT2D eigenvalue weighted by atomic mass is 35.5. The topological polar surface area (TPSA) is 87.7 Å². The molecule has 0 spiro atoms. The van der Waals surface area contributed by atoms with E-state index in [9.17, 15) is 15.3 Å². The molecule has 6 nitrogen and oxygen atoms in total. The quantitative estimate of drug-likeness (QED) is 0.718. The molecule has 1 aliphatic rings. The molecule has 120 valence electrons. The zero-order chi connectivity index (χ0) is 16.0. The summed E-state index contributed by atoms with van der Waals surface area (Å²) in [4.78, 5) is 4.44. The van der Waals surface area contributed by atoms with Crippen molar-refractivity contribution >= 4 is 46.0 Å². The van der Waals surface area contributed by atoms with Crippen LogP contribution in [0.2, 0.25) is 10.0 Å². The number of fused-ring (bicyclic) bond motifs is 1. The van der Waals surface area contributed by atoms with Crippen LogP contribution >= 0.6 is 35.0 Å². The summed E-state index contributed by atoms with van der Waals surface area (Å²) in [7, 11) is 0. The molecule has 1 aromatic carbocycles. The summed E-state index contributed by atoms with van der Waals surface area (Å²) in [6.07, 6.45) is -2.24. The van der Waals surface area contributed by atoms with Crippen LogP contribution in [0.4, 0.5) is 0 Å². The Balaban J connectivity index is 2.15. The third-order valence-corrected chi connectivity index (χ3v) is 5.03. The zero-order valence-electron chi connectivity index (χ0n) is 11.5. The Morgan fingerprint density at radius 3 is 2.55 bits per heavy atom. The lowest BCUT2D eigenvalue weighted by Gasteiger charge is -2.19. The number of halogens is 2. The molecule has 0 bridgehead atoms. The fourth-order valence-corrected chi connectivity index (χ4v) is 3.46. The van der Waals surface area contributed by atoms with Crippen molar-refractivity contribution in [1.29, 1.82) is 0 Å². The van der Waals surface area contributed by atoms with Crippen LogP contribution in [0, 0.1) is 0 Å². The van der Waals surface area contributed by atoms with Crippen LogP contribution in [0.15, 0.2) is 17.3 Å². The van der Waals surface area contributed by atoms with Gasteiger partial charge < -0.3 is 20.1 Å². The normalized spacial score (nSPS) is 28.6. The summed E-state index contributed by atoms with van der Waals surface area (Å²) in [6, 6.07) is 3.28. The van der Waals surface area contributed by atoms with Crippen LogP contribution in [-0.2, 0) is 4.74 Å². The maximum atomic E-state index is 10.2. The highest BCUT2D eigenvalue weighted by Gasteiger charge is 2.44. The van der Waals surface area contributed by atoms with Gasteiger partial charge in [0, 0.05) is 0 Å². The van der Waals surface area contributed by atoms with E-state index in [1.807, 2.05) is 6.26 Å². The zero-order valence-corrected chi connectivity index (χ0v) is 13.8. The average Bonchev–Trinajstić information content (AvgIpc) is 2.98. The lowest BCUT2D eigenvalue weighted by atomic mass is 10.1. The maximum absolute atomic E-state index is 10.2. The second-order valence-electron chi connectivity index (χ2n) is 4.95. The first-order valence-electron chi connectivity index (χ1n) is 6.51. The predicted octanol–water partition coefficient (Wildman–Crippen LogP) is 1.68. The van der Waals surface area contributed by atoms with E-state index in [1.165, 1.54) is 11.8 Å². The summed E-state index contributed by atoms with van der Waals surface area (Å²) in [6.45, 7) is -0.386. The molecule has 2 heterocycles. The fraction of sp³-hybridized carbons (Fsp3) is 0.462. The van der Waals surface area contributed by atoms with Crippen LogP contribution in [0.25, 0.3) is 11.0 Å². The minimum absolute atomic E-state index is 0.356. The van der Waals surface area contributed by atoms with Gasteiger partial charge in [-0.25, -0.2) is 4.98 Å². The number of benzene rings is 1. The van der Waals surface area contributed by atoms with Crippen molar-refractivity contribution in [1.82, 2.24) is 9.55 Å². The first kappa shape index (κ1) is 16.3. The summed E-state index contributed by atoms with van der Waals surface area (Å²) < 4.78 is 7.24. The highest BCUT2D eigenvalue weighted by molar-refractivity contribution is 7.98. The summed E-state index contributed by atoms with van der Waals surface area (Å²) in [5, 5.41) is 30.7. The van der Waals surface area contributed by atoms with Gasteiger partial charge in [0.1, 0.15) is 18.3 Å². The summed E-state index contributed by atoms with van der Waals surface area (Å²) in [5.74, 6) is 0. The largest absolute Gasteiger partial charge is 0.394 e. The van der Waals surface area contributed by atoms with Crippen molar-refractivity contribution in [2.75, 3.05) is 12.9 Å². The Morgan fingerprint density at radius 2 is 1.95 bits per heavy atom. The molecule has 4 atom stereocenters. The lowest BCUT2D eigenvalue weighted by molar-refractivity contribution is -0.0545. The van der Waals surface area contributed by atoms with E-state index in [0.29, 0.717) is 26.2 Å². The van der Waals surface area contributed by atoms with Crippen molar-refractivity contribution in [2.45, 2.75) is 29.7 Å².